The lowest BCUT2D eigenvalue weighted by Crippen LogP contribution is -2.36. The summed E-state index contributed by atoms with van der Waals surface area (Å²) in [5.74, 6) is 7.70. The number of aromatic nitrogens is 2. The molecule has 1 aromatic heterocycles. The van der Waals surface area contributed by atoms with Crippen molar-refractivity contribution in [3.05, 3.63) is 11.8 Å². The number of nitrogens with one attached hydrogen (secondary N) is 1. The minimum absolute atomic E-state index is 0.478. The first-order valence-corrected chi connectivity index (χ1v) is 6.65. The maximum Gasteiger partial charge on any atom is 0.239 e. The van der Waals surface area contributed by atoms with Crippen molar-refractivity contribution in [1.29, 1.82) is 0 Å². The maximum absolute atomic E-state index is 5.37. The zero-order valence-corrected chi connectivity index (χ0v) is 11.5. The van der Waals surface area contributed by atoms with E-state index in [1.165, 1.54) is 25.7 Å². The van der Waals surface area contributed by atoms with Crippen LogP contribution in [0.4, 0.5) is 11.8 Å². The molecule has 0 amide bonds. The third-order valence-corrected chi connectivity index (χ3v) is 3.94. The molecule has 2 rings (SSSR count). The third kappa shape index (κ3) is 2.72. The number of nitrogens with zero attached hydrogens (tertiary/aromatic N) is 3. The molecule has 1 aromatic rings. The molecule has 0 aliphatic heterocycles. The summed E-state index contributed by atoms with van der Waals surface area (Å²) in [4.78, 5) is 10.9. The van der Waals surface area contributed by atoms with Crippen LogP contribution in [0.3, 0.4) is 0 Å². The first kappa shape index (κ1) is 13.1. The van der Waals surface area contributed by atoms with Crippen molar-refractivity contribution in [1.82, 2.24) is 9.97 Å². The van der Waals surface area contributed by atoms with Gasteiger partial charge in [-0.2, -0.15) is 4.98 Å². The summed E-state index contributed by atoms with van der Waals surface area (Å²) >= 11 is 0. The smallest absolute Gasteiger partial charge is 0.239 e. The monoisotopic (exact) mass is 249 g/mol. The highest BCUT2D eigenvalue weighted by Crippen LogP contribution is 2.29. The minimum atomic E-state index is 0.478. The van der Waals surface area contributed by atoms with E-state index >= 15 is 0 Å². The second kappa shape index (κ2) is 5.52. The van der Waals surface area contributed by atoms with Crippen molar-refractivity contribution in [2.45, 2.75) is 45.6 Å². The number of hydrogen-bond acceptors (Lipinski definition) is 5. The largest absolute Gasteiger partial charge is 0.356 e. The molecule has 1 aliphatic rings. The van der Waals surface area contributed by atoms with Gasteiger partial charge in [-0.1, -0.05) is 6.92 Å². The molecule has 0 unspecified atom stereocenters. The zero-order chi connectivity index (χ0) is 13.1. The van der Waals surface area contributed by atoms with E-state index in [1.807, 2.05) is 13.1 Å². The molecule has 0 bridgehead atoms. The van der Waals surface area contributed by atoms with Gasteiger partial charge in [-0.15, -0.1) is 0 Å². The Balaban J connectivity index is 2.14. The molecule has 5 nitrogen and oxygen atoms in total. The average molecular weight is 249 g/mol. The minimum Gasteiger partial charge on any atom is -0.356 e. The number of aryl methyl sites for hydroxylation is 1. The first-order valence-electron chi connectivity index (χ1n) is 6.65. The number of rotatable bonds is 3. The van der Waals surface area contributed by atoms with E-state index in [4.69, 9.17) is 5.84 Å². The molecule has 1 heterocycles. The molecular weight excluding hydrogens is 226 g/mol. The summed E-state index contributed by atoms with van der Waals surface area (Å²) in [6.45, 7) is 4.38. The molecule has 0 aromatic carbocycles. The highest BCUT2D eigenvalue weighted by atomic mass is 15.3. The standard InChI is InChI=1S/C13H23N5/c1-9-4-6-11(7-5-9)18(3)12-10(2)8-15-13(16-12)17-14/h8-9,11H,4-7,14H2,1-3H3,(H,15,16,17). The molecule has 3 N–H and O–H groups in total. The van der Waals surface area contributed by atoms with Crippen molar-refractivity contribution < 1.29 is 0 Å². The highest BCUT2D eigenvalue weighted by Gasteiger charge is 2.23. The maximum atomic E-state index is 5.37. The number of anilines is 2. The van der Waals surface area contributed by atoms with Gasteiger partial charge in [-0.3, -0.25) is 5.43 Å². The van der Waals surface area contributed by atoms with Crippen LogP contribution in [-0.4, -0.2) is 23.1 Å². The van der Waals surface area contributed by atoms with Crippen molar-refractivity contribution >= 4 is 11.8 Å². The van der Waals surface area contributed by atoms with Crippen molar-refractivity contribution in [3.63, 3.8) is 0 Å². The Kier molecular flexibility index (Phi) is 4.01. The fourth-order valence-electron chi connectivity index (χ4n) is 2.66. The SMILES string of the molecule is Cc1cnc(NN)nc1N(C)C1CCC(C)CC1. The van der Waals surface area contributed by atoms with Gasteiger partial charge in [0.05, 0.1) is 0 Å². The molecule has 0 spiro atoms. The van der Waals surface area contributed by atoms with Crippen LogP contribution in [-0.2, 0) is 0 Å². The number of hydrazine groups is 1. The van der Waals surface area contributed by atoms with Gasteiger partial charge in [0.1, 0.15) is 5.82 Å². The number of hydrogen-bond donors (Lipinski definition) is 2. The molecule has 5 heteroatoms. The first-order chi connectivity index (χ1) is 8.61. The fraction of sp³-hybridized carbons (Fsp3) is 0.692. The summed E-state index contributed by atoms with van der Waals surface area (Å²) < 4.78 is 0. The Morgan fingerprint density at radius 3 is 2.61 bits per heavy atom. The molecule has 1 aliphatic carbocycles. The predicted molar refractivity (Wildman–Crippen MR) is 74.4 cm³/mol. The molecule has 100 valence electrons. The lowest BCUT2D eigenvalue weighted by Gasteiger charge is -2.35. The Labute approximate surface area is 109 Å². The van der Waals surface area contributed by atoms with Crippen LogP contribution in [0.5, 0.6) is 0 Å². The van der Waals surface area contributed by atoms with E-state index in [-0.39, 0.29) is 0 Å². The molecule has 0 radical (unpaired) electrons. The number of nitrogen functional groups attached to an aromatic ring is 1. The number of nitrogens with two attached hydrogens (primary N) is 1. The highest BCUT2D eigenvalue weighted by molar-refractivity contribution is 5.48. The predicted octanol–water partition coefficient (Wildman–Crippen LogP) is 2.09. The van der Waals surface area contributed by atoms with Gasteiger partial charge in [-0.05, 0) is 38.5 Å². The molecule has 0 saturated heterocycles. The zero-order valence-electron chi connectivity index (χ0n) is 11.5. The van der Waals surface area contributed by atoms with Crippen molar-refractivity contribution in [3.8, 4) is 0 Å². The molecule has 0 atom stereocenters. The third-order valence-electron chi connectivity index (χ3n) is 3.94. The van der Waals surface area contributed by atoms with Crippen LogP contribution < -0.4 is 16.2 Å². The van der Waals surface area contributed by atoms with Gasteiger partial charge in [0.25, 0.3) is 0 Å². The van der Waals surface area contributed by atoms with Crippen LogP contribution in [0.2, 0.25) is 0 Å². The van der Waals surface area contributed by atoms with Crippen LogP contribution in [0.15, 0.2) is 6.20 Å². The van der Waals surface area contributed by atoms with Gasteiger partial charge in [0, 0.05) is 24.8 Å². The van der Waals surface area contributed by atoms with Crippen LogP contribution in [0.1, 0.15) is 38.2 Å². The van der Waals surface area contributed by atoms with Crippen LogP contribution in [0, 0.1) is 12.8 Å². The van der Waals surface area contributed by atoms with E-state index in [2.05, 4.69) is 34.3 Å². The lowest BCUT2D eigenvalue weighted by atomic mass is 9.87. The van der Waals surface area contributed by atoms with Gasteiger partial charge < -0.3 is 4.90 Å². The quantitative estimate of drug-likeness (QED) is 0.634. The summed E-state index contributed by atoms with van der Waals surface area (Å²) in [7, 11) is 2.12. The van der Waals surface area contributed by atoms with Crippen LogP contribution >= 0.6 is 0 Å². The Morgan fingerprint density at radius 1 is 1.33 bits per heavy atom. The van der Waals surface area contributed by atoms with E-state index in [0.717, 1.165) is 17.3 Å². The van der Waals surface area contributed by atoms with Crippen molar-refractivity contribution in [2.24, 2.45) is 11.8 Å². The molecular formula is C13H23N5. The van der Waals surface area contributed by atoms with Gasteiger partial charge >= 0.3 is 0 Å². The Bertz CT molecular complexity index is 398. The fourth-order valence-corrected chi connectivity index (χ4v) is 2.66. The van der Waals surface area contributed by atoms with E-state index in [0.29, 0.717) is 12.0 Å². The summed E-state index contributed by atoms with van der Waals surface area (Å²) in [6, 6.07) is 0.584. The molecule has 18 heavy (non-hydrogen) atoms. The van der Waals surface area contributed by atoms with Gasteiger partial charge in [0.2, 0.25) is 5.95 Å². The molecule has 1 saturated carbocycles. The van der Waals surface area contributed by atoms with Crippen LogP contribution in [0.25, 0.3) is 0 Å². The van der Waals surface area contributed by atoms with Crippen molar-refractivity contribution in [2.75, 3.05) is 17.4 Å². The second-order valence-electron chi connectivity index (χ2n) is 5.37. The van der Waals surface area contributed by atoms with E-state index < -0.39 is 0 Å². The van der Waals surface area contributed by atoms with E-state index in [9.17, 15) is 0 Å². The van der Waals surface area contributed by atoms with Gasteiger partial charge in [0.15, 0.2) is 0 Å². The molecule has 1 fully saturated rings. The topological polar surface area (TPSA) is 67.1 Å². The summed E-state index contributed by atoms with van der Waals surface area (Å²) in [5.41, 5.74) is 3.60. The lowest BCUT2D eigenvalue weighted by molar-refractivity contribution is 0.340. The normalized spacial score (nSPS) is 23.8. The Hall–Kier alpha value is -1.36. The second-order valence-corrected chi connectivity index (χ2v) is 5.37. The summed E-state index contributed by atoms with van der Waals surface area (Å²) in [5, 5.41) is 0. The van der Waals surface area contributed by atoms with E-state index in [1.54, 1.807) is 0 Å². The van der Waals surface area contributed by atoms with Gasteiger partial charge in [-0.25, -0.2) is 10.8 Å². The summed E-state index contributed by atoms with van der Waals surface area (Å²) in [6.07, 6.45) is 6.92. The average Bonchev–Trinajstić information content (AvgIpc) is 2.39. The Morgan fingerprint density at radius 2 is 2.00 bits per heavy atom.